The standard InChI is InChI=1S/C14H19NO5S/c1-5-20-14(18)12-8(2)9(3)21-13(12)15-10(16)6-7-11(17)19-4/h5-7H2,1-4H3,(H,15,16). The third-order valence-electron chi connectivity index (χ3n) is 2.90. The summed E-state index contributed by atoms with van der Waals surface area (Å²) in [5.41, 5.74) is 1.17. The van der Waals surface area contributed by atoms with Crippen molar-refractivity contribution in [1.29, 1.82) is 0 Å². The zero-order valence-electron chi connectivity index (χ0n) is 12.6. The topological polar surface area (TPSA) is 81.7 Å². The summed E-state index contributed by atoms with van der Waals surface area (Å²) in [6.07, 6.45) is 0.00530. The number of ether oxygens (including phenoxy) is 2. The van der Waals surface area contributed by atoms with Crippen molar-refractivity contribution in [2.75, 3.05) is 19.0 Å². The molecule has 0 aliphatic rings. The first-order valence-electron chi connectivity index (χ1n) is 6.54. The molecule has 116 valence electrons. The Bertz CT molecular complexity index is 550. The number of anilines is 1. The van der Waals surface area contributed by atoms with Crippen molar-refractivity contribution in [1.82, 2.24) is 0 Å². The number of hydrogen-bond acceptors (Lipinski definition) is 6. The van der Waals surface area contributed by atoms with Gasteiger partial charge < -0.3 is 14.8 Å². The van der Waals surface area contributed by atoms with E-state index in [1.54, 1.807) is 6.92 Å². The molecule has 0 atom stereocenters. The highest BCUT2D eigenvalue weighted by Crippen LogP contribution is 2.33. The summed E-state index contributed by atoms with van der Waals surface area (Å²) in [5, 5.41) is 3.12. The van der Waals surface area contributed by atoms with Crippen LogP contribution >= 0.6 is 11.3 Å². The fourth-order valence-electron chi connectivity index (χ4n) is 1.67. The number of aryl methyl sites for hydroxylation is 1. The van der Waals surface area contributed by atoms with Crippen molar-refractivity contribution in [3.8, 4) is 0 Å². The minimum absolute atomic E-state index is 0.000409. The number of carbonyl (C=O) groups is 3. The van der Waals surface area contributed by atoms with Gasteiger partial charge in [-0.1, -0.05) is 0 Å². The van der Waals surface area contributed by atoms with Gasteiger partial charge in [0.15, 0.2) is 0 Å². The third-order valence-corrected chi connectivity index (χ3v) is 4.02. The summed E-state index contributed by atoms with van der Waals surface area (Å²) < 4.78 is 9.48. The van der Waals surface area contributed by atoms with Gasteiger partial charge in [0.05, 0.1) is 25.7 Å². The molecule has 0 aliphatic carbocycles. The zero-order valence-corrected chi connectivity index (χ0v) is 13.4. The lowest BCUT2D eigenvalue weighted by Gasteiger charge is -2.07. The molecule has 0 saturated carbocycles. The lowest BCUT2D eigenvalue weighted by Crippen LogP contribution is -2.16. The smallest absolute Gasteiger partial charge is 0.341 e. The van der Waals surface area contributed by atoms with Crippen LogP contribution < -0.4 is 5.32 Å². The van der Waals surface area contributed by atoms with Gasteiger partial charge in [-0.15, -0.1) is 11.3 Å². The van der Waals surface area contributed by atoms with Gasteiger partial charge in [-0.05, 0) is 26.3 Å². The average molecular weight is 313 g/mol. The number of amides is 1. The maximum absolute atomic E-state index is 12.0. The highest BCUT2D eigenvalue weighted by atomic mass is 32.1. The van der Waals surface area contributed by atoms with Gasteiger partial charge in [0.25, 0.3) is 0 Å². The molecule has 0 aliphatic heterocycles. The van der Waals surface area contributed by atoms with Crippen molar-refractivity contribution in [3.63, 3.8) is 0 Å². The SMILES string of the molecule is CCOC(=O)c1c(NC(=O)CCC(=O)OC)sc(C)c1C. The summed E-state index contributed by atoms with van der Waals surface area (Å²) in [6.45, 7) is 5.67. The van der Waals surface area contributed by atoms with Gasteiger partial charge >= 0.3 is 11.9 Å². The summed E-state index contributed by atoms with van der Waals surface area (Å²) in [6, 6.07) is 0. The van der Waals surface area contributed by atoms with Gasteiger partial charge in [-0.25, -0.2) is 4.79 Å². The van der Waals surface area contributed by atoms with E-state index in [2.05, 4.69) is 10.1 Å². The Morgan fingerprint density at radius 1 is 1.19 bits per heavy atom. The molecule has 7 heteroatoms. The number of hydrogen-bond donors (Lipinski definition) is 1. The van der Waals surface area contributed by atoms with Crippen LogP contribution in [0.2, 0.25) is 0 Å². The number of thiophene rings is 1. The van der Waals surface area contributed by atoms with Gasteiger partial charge in [0, 0.05) is 11.3 Å². The molecule has 1 aromatic heterocycles. The van der Waals surface area contributed by atoms with E-state index in [0.717, 1.165) is 10.4 Å². The second kappa shape index (κ2) is 7.78. The number of carbonyl (C=O) groups excluding carboxylic acids is 3. The van der Waals surface area contributed by atoms with Crippen LogP contribution in [0, 0.1) is 13.8 Å². The highest BCUT2D eigenvalue weighted by Gasteiger charge is 2.22. The van der Waals surface area contributed by atoms with Crippen LogP contribution in [0.4, 0.5) is 5.00 Å². The van der Waals surface area contributed by atoms with Crippen LogP contribution in [0.5, 0.6) is 0 Å². The fourth-order valence-corrected chi connectivity index (χ4v) is 2.74. The van der Waals surface area contributed by atoms with E-state index >= 15 is 0 Å². The molecule has 0 bridgehead atoms. The van der Waals surface area contributed by atoms with Crippen LogP contribution in [0.3, 0.4) is 0 Å². The van der Waals surface area contributed by atoms with Gasteiger partial charge in [0.1, 0.15) is 5.00 Å². The molecule has 1 aromatic rings. The van der Waals surface area contributed by atoms with E-state index in [1.165, 1.54) is 18.4 Å². The first kappa shape index (κ1) is 17.2. The van der Waals surface area contributed by atoms with Crippen LogP contribution in [0.25, 0.3) is 0 Å². The van der Waals surface area contributed by atoms with E-state index in [1.807, 2.05) is 13.8 Å². The summed E-state index contributed by atoms with van der Waals surface area (Å²) in [5.74, 6) is -1.25. The number of methoxy groups -OCH3 is 1. The summed E-state index contributed by atoms with van der Waals surface area (Å²) in [7, 11) is 1.27. The van der Waals surface area contributed by atoms with Crippen LogP contribution in [0.1, 0.15) is 40.6 Å². The largest absolute Gasteiger partial charge is 0.469 e. The summed E-state index contributed by atoms with van der Waals surface area (Å²) in [4.78, 5) is 35.7. The minimum atomic E-state index is -0.456. The molecule has 0 aromatic carbocycles. The second-order valence-corrected chi connectivity index (χ2v) is 5.56. The maximum Gasteiger partial charge on any atom is 0.341 e. The molecule has 6 nitrogen and oxygen atoms in total. The molecule has 0 unspecified atom stereocenters. The molecule has 1 rings (SSSR count). The Balaban J connectivity index is 2.83. The first-order valence-corrected chi connectivity index (χ1v) is 7.36. The Kier molecular flexibility index (Phi) is 6.36. The van der Waals surface area contributed by atoms with E-state index < -0.39 is 11.9 Å². The lowest BCUT2D eigenvalue weighted by atomic mass is 10.1. The molecule has 0 spiro atoms. The maximum atomic E-state index is 12.0. The Morgan fingerprint density at radius 3 is 2.43 bits per heavy atom. The molecular weight excluding hydrogens is 294 g/mol. The van der Waals surface area contributed by atoms with Crippen molar-refractivity contribution in [2.45, 2.75) is 33.6 Å². The number of rotatable bonds is 6. The molecule has 1 amide bonds. The molecule has 0 saturated heterocycles. The quantitative estimate of drug-likeness (QED) is 0.816. The monoisotopic (exact) mass is 313 g/mol. The molecule has 21 heavy (non-hydrogen) atoms. The van der Waals surface area contributed by atoms with Gasteiger partial charge in [0.2, 0.25) is 5.91 Å². The van der Waals surface area contributed by atoms with E-state index in [9.17, 15) is 14.4 Å². The van der Waals surface area contributed by atoms with Gasteiger partial charge in [-0.3, -0.25) is 9.59 Å². The van der Waals surface area contributed by atoms with Crippen LogP contribution in [0.15, 0.2) is 0 Å². The molecule has 0 fully saturated rings. The minimum Gasteiger partial charge on any atom is -0.469 e. The lowest BCUT2D eigenvalue weighted by molar-refractivity contribution is -0.141. The predicted octanol–water partition coefficient (Wildman–Crippen LogP) is 2.43. The fraction of sp³-hybridized carbons (Fsp3) is 0.500. The highest BCUT2D eigenvalue weighted by molar-refractivity contribution is 7.16. The van der Waals surface area contributed by atoms with Crippen molar-refractivity contribution in [2.24, 2.45) is 0 Å². The van der Waals surface area contributed by atoms with Crippen LogP contribution in [-0.4, -0.2) is 31.6 Å². The van der Waals surface area contributed by atoms with Crippen molar-refractivity contribution < 1.29 is 23.9 Å². The van der Waals surface area contributed by atoms with Crippen LogP contribution in [-0.2, 0) is 19.1 Å². The van der Waals surface area contributed by atoms with Crippen molar-refractivity contribution in [3.05, 3.63) is 16.0 Å². The van der Waals surface area contributed by atoms with E-state index in [0.29, 0.717) is 10.6 Å². The van der Waals surface area contributed by atoms with E-state index in [-0.39, 0.29) is 25.4 Å². The van der Waals surface area contributed by atoms with E-state index in [4.69, 9.17) is 4.74 Å². The third kappa shape index (κ3) is 4.56. The van der Waals surface area contributed by atoms with Crippen molar-refractivity contribution >= 4 is 34.2 Å². The second-order valence-electron chi connectivity index (χ2n) is 4.33. The number of nitrogens with one attached hydrogen (secondary N) is 1. The first-order chi connectivity index (χ1) is 9.90. The summed E-state index contributed by atoms with van der Waals surface area (Å²) >= 11 is 1.31. The molecular formula is C14H19NO5S. The predicted molar refractivity (Wildman–Crippen MR) is 79.6 cm³/mol. The average Bonchev–Trinajstić information content (AvgIpc) is 2.71. The Labute approximate surface area is 127 Å². The molecule has 1 heterocycles. The zero-order chi connectivity index (χ0) is 16.0. The normalized spacial score (nSPS) is 10.1. The molecule has 0 radical (unpaired) electrons. The number of esters is 2. The Morgan fingerprint density at radius 2 is 1.86 bits per heavy atom. The molecule has 1 N–H and O–H groups in total. The Hall–Kier alpha value is -1.89. The van der Waals surface area contributed by atoms with Gasteiger partial charge in [-0.2, -0.15) is 0 Å².